The van der Waals surface area contributed by atoms with E-state index in [1.165, 1.54) is 4.57 Å². The zero-order valence-corrected chi connectivity index (χ0v) is 12.1. The minimum absolute atomic E-state index is 0.218. The Labute approximate surface area is 126 Å². The third kappa shape index (κ3) is 3.55. The molecule has 1 aromatic heterocycles. The first-order valence-electron chi connectivity index (χ1n) is 6.85. The number of nitrogens with zero attached hydrogens (tertiary/aromatic N) is 5. The minimum atomic E-state index is -0.816. The molecular formula is C12H18N6O4. The van der Waals surface area contributed by atoms with E-state index in [0.29, 0.717) is 17.9 Å². The first-order chi connectivity index (χ1) is 10.6. The summed E-state index contributed by atoms with van der Waals surface area (Å²) < 4.78 is 6.74. The molecule has 10 nitrogen and oxygen atoms in total. The second kappa shape index (κ2) is 7.23. The number of ether oxygens (including phenoxy) is 1. The van der Waals surface area contributed by atoms with Crippen molar-refractivity contribution >= 4 is 5.82 Å². The molecule has 0 amide bonds. The molecule has 2 rings (SSSR count). The molecule has 0 radical (unpaired) electrons. The largest absolute Gasteiger partial charge is 0.394 e. The Bertz CT molecular complexity index is 627. The third-order valence-corrected chi connectivity index (χ3v) is 3.40. The lowest BCUT2D eigenvalue weighted by Crippen LogP contribution is -2.29. The van der Waals surface area contributed by atoms with Gasteiger partial charge in [0.15, 0.2) is 0 Å². The van der Waals surface area contributed by atoms with Crippen LogP contribution in [-0.4, -0.2) is 51.7 Å². The number of hydrogen-bond acceptors (Lipinski definition) is 7. The van der Waals surface area contributed by atoms with Gasteiger partial charge in [0.05, 0.1) is 12.7 Å². The molecule has 1 aliphatic heterocycles. The average Bonchev–Trinajstić information content (AvgIpc) is 2.87. The standard InChI is InChI=1S/C12H18N6O4/c1-7-5-18(10-4-8(20)9(6-19)22-10)12(21)16-11(7)14-2-3-15-17-13/h5,8-10,19-20H,2-4,6H2,1H3,(H,14,16,21)/t8-,9+,10+/m0/s1. The fourth-order valence-electron chi connectivity index (χ4n) is 2.27. The van der Waals surface area contributed by atoms with Crippen LogP contribution in [-0.2, 0) is 4.74 Å². The predicted molar refractivity (Wildman–Crippen MR) is 77.4 cm³/mol. The van der Waals surface area contributed by atoms with Gasteiger partial charge in [0.1, 0.15) is 18.1 Å². The fourth-order valence-corrected chi connectivity index (χ4v) is 2.27. The topological polar surface area (TPSA) is 145 Å². The Balaban J connectivity index is 2.13. The predicted octanol–water partition coefficient (Wildman–Crippen LogP) is -0.0854. The highest BCUT2D eigenvalue weighted by Crippen LogP contribution is 2.27. The SMILES string of the molecule is Cc1cn([C@H]2C[C@H](O)[C@@H](CO)O2)c(=O)nc1NCCN=[N+]=[N-]. The number of aromatic nitrogens is 2. The van der Waals surface area contributed by atoms with Crippen molar-refractivity contribution in [3.8, 4) is 0 Å². The highest BCUT2D eigenvalue weighted by molar-refractivity contribution is 5.41. The number of aryl methyl sites for hydroxylation is 1. The van der Waals surface area contributed by atoms with Crippen LogP contribution in [0, 0.1) is 6.92 Å². The first-order valence-corrected chi connectivity index (χ1v) is 6.85. The summed E-state index contributed by atoms with van der Waals surface area (Å²) in [5.74, 6) is 0.409. The molecule has 1 aliphatic rings. The number of anilines is 1. The lowest BCUT2D eigenvalue weighted by atomic mass is 10.2. The quantitative estimate of drug-likeness (QED) is 0.290. The molecule has 1 aromatic rings. The number of nitrogens with one attached hydrogen (secondary N) is 1. The summed E-state index contributed by atoms with van der Waals surface area (Å²) in [7, 11) is 0. The molecule has 120 valence electrons. The monoisotopic (exact) mass is 310 g/mol. The number of aliphatic hydroxyl groups excluding tert-OH is 2. The smallest absolute Gasteiger partial charge is 0.351 e. The van der Waals surface area contributed by atoms with E-state index in [1.54, 1.807) is 13.1 Å². The van der Waals surface area contributed by atoms with E-state index < -0.39 is 24.1 Å². The van der Waals surface area contributed by atoms with Crippen molar-refractivity contribution in [3.63, 3.8) is 0 Å². The van der Waals surface area contributed by atoms with Gasteiger partial charge >= 0.3 is 5.69 Å². The van der Waals surface area contributed by atoms with Crippen LogP contribution in [0.1, 0.15) is 18.2 Å². The maximum absolute atomic E-state index is 12.1. The summed E-state index contributed by atoms with van der Waals surface area (Å²) in [5, 5.41) is 25.1. The second-order valence-corrected chi connectivity index (χ2v) is 4.96. The van der Waals surface area contributed by atoms with Gasteiger partial charge in [-0.1, -0.05) is 5.11 Å². The van der Waals surface area contributed by atoms with Gasteiger partial charge in [-0.05, 0) is 12.5 Å². The van der Waals surface area contributed by atoms with Crippen molar-refractivity contribution in [1.29, 1.82) is 0 Å². The zero-order chi connectivity index (χ0) is 16.1. The summed E-state index contributed by atoms with van der Waals surface area (Å²) in [6.07, 6.45) is -0.357. The van der Waals surface area contributed by atoms with Crippen LogP contribution < -0.4 is 11.0 Å². The highest BCUT2D eigenvalue weighted by Gasteiger charge is 2.35. The Morgan fingerprint density at radius 1 is 1.68 bits per heavy atom. The van der Waals surface area contributed by atoms with Gasteiger partial charge in [0.2, 0.25) is 0 Å². The maximum Gasteiger partial charge on any atom is 0.351 e. The van der Waals surface area contributed by atoms with E-state index >= 15 is 0 Å². The minimum Gasteiger partial charge on any atom is -0.394 e. The number of rotatable bonds is 6. The molecule has 0 spiro atoms. The molecule has 10 heteroatoms. The van der Waals surface area contributed by atoms with Crippen LogP contribution in [0.4, 0.5) is 5.82 Å². The molecule has 1 fully saturated rings. The van der Waals surface area contributed by atoms with E-state index in [9.17, 15) is 9.90 Å². The van der Waals surface area contributed by atoms with Crippen molar-refractivity contribution in [2.24, 2.45) is 5.11 Å². The van der Waals surface area contributed by atoms with E-state index in [2.05, 4.69) is 20.3 Å². The van der Waals surface area contributed by atoms with Crippen LogP contribution in [0.5, 0.6) is 0 Å². The molecule has 0 aliphatic carbocycles. The second-order valence-electron chi connectivity index (χ2n) is 4.96. The van der Waals surface area contributed by atoms with Gasteiger partial charge in [-0.2, -0.15) is 4.98 Å². The van der Waals surface area contributed by atoms with Crippen molar-refractivity contribution in [2.45, 2.75) is 31.8 Å². The Hall–Kier alpha value is -2.13. The molecule has 0 saturated carbocycles. The number of hydrogen-bond donors (Lipinski definition) is 3. The van der Waals surface area contributed by atoms with Crippen LogP contribution in [0.15, 0.2) is 16.1 Å². The number of aliphatic hydroxyl groups is 2. The van der Waals surface area contributed by atoms with Crippen LogP contribution >= 0.6 is 0 Å². The molecule has 1 saturated heterocycles. The molecule has 2 heterocycles. The summed E-state index contributed by atoms with van der Waals surface area (Å²) in [6, 6.07) is 0. The van der Waals surface area contributed by atoms with Crippen LogP contribution in [0.2, 0.25) is 0 Å². The van der Waals surface area contributed by atoms with Crippen molar-refractivity contribution < 1.29 is 14.9 Å². The lowest BCUT2D eigenvalue weighted by Gasteiger charge is -2.16. The van der Waals surface area contributed by atoms with Crippen LogP contribution in [0.25, 0.3) is 10.4 Å². The lowest BCUT2D eigenvalue weighted by molar-refractivity contribution is -0.0459. The summed E-state index contributed by atoms with van der Waals surface area (Å²) in [6.45, 7) is 2.08. The summed E-state index contributed by atoms with van der Waals surface area (Å²) in [4.78, 5) is 18.6. The third-order valence-electron chi connectivity index (χ3n) is 3.40. The van der Waals surface area contributed by atoms with E-state index in [1.807, 2.05) is 0 Å². The Morgan fingerprint density at radius 2 is 2.45 bits per heavy atom. The Kier molecular flexibility index (Phi) is 5.34. The summed E-state index contributed by atoms with van der Waals surface area (Å²) in [5.41, 5.74) is 8.39. The van der Waals surface area contributed by atoms with Crippen molar-refractivity contribution in [1.82, 2.24) is 9.55 Å². The van der Waals surface area contributed by atoms with Gasteiger partial charge in [0.25, 0.3) is 0 Å². The Morgan fingerprint density at radius 3 is 3.09 bits per heavy atom. The fraction of sp³-hybridized carbons (Fsp3) is 0.667. The van der Waals surface area contributed by atoms with E-state index in [-0.39, 0.29) is 19.6 Å². The van der Waals surface area contributed by atoms with Gasteiger partial charge < -0.3 is 20.3 Å². The first kappa shape index (κ1) is 16.2. The van der Waals surface area contributed by atoms with E-state index in [4.69, 9.17) is 15.4 Å². The van der Waals surface area contributed by atoms with Gasteiger partial charge in [-0.3, -0.25) is 4.57 Å². The molecule has 3 N–H and O–H groups in total. The van der Waals surface area contributed by atoms with Gasteiger partial charge in [-0.25, -0.2) is 4.79 Å². The maximum atomic E-state index is 12.1. The molecule has 22 heavy (non-hydrogen) atoms. The van der Waals surface area contributed by atoms with Gasteiger partial charge in [-0.15, -0.1) is 0 Å². The molecular weight excluding hydrogens is 292 g/mol. The van der Waals surface area contributed by atoms with Crippen LogP contribution in [0.3, 0.4) is 0 Å². The van der Waals surface area contributed by atoms with Crippen molar-refractivity contribution in [3.05, 3.63) is 32.7 Å². The number of azide groups is 1. The average molecular weight is 310 g/mol. The molecule has 3 atom stereocenters. The normalized spacial score (nSPS) is 24.0. The van der Waals surface area contributed by atoms with E-state index in [0.717, 1.165) is 0 Å². The molecule has 0 bridgehead atoms. The highest BCUT2D eigenvalue weighted by atomic mass is 16.5. The molecule has 0 unspecified atom stereocenters. The van der Waals surface area contributed by atoms with Crippen molar-refractivity contribution in [2.75, 3.05) is 25.0 Å². The zero-order valence-electron chi connectivity index (χ0n) is 12.1. The summed E-state index contributed by atoms with van der Waals surface area (Å²) >= 11 is 0. The van der Waals surface area contributed by atoms with Gasteiger partial charge in [0, 0.05) is 36.2 Å². The molecule has 0 aromatic carbocycles.